The van der Waals surface area contributed by atoms with Gasteiger partial charge in [0, 0.05) is 37.3 Å². The van der Waals surface area contributed by atoms with Crippen LogP contribution in [0.5, 0.6) is 0 Å². The average Bonchev–Trinajstić information content (AvgIpc) is 2.94. The molecule has 1 saturated heterocycles. The molecule has 2 aromatic carbocycles. The highest BCUT2D eigenvalue weighted by Gasteiger charge is 2.45. The van der Waals surface area contributed by atoms with E-state index >= 15 is 0 Å². The van der Waals surface area contributed by atoms with Crippen molar-refractivity contribution in [3.63, 3.8) is 0 Å². The molecule has 0 radical (unpaired) electrons. The Balaban J connectivity index is 0.000000470. The van der Waals surface area contributed by atoms with Crippen molar-refractivity contribution in [2.45, 2.75) is 36.8 Å². The monoisotopic (exact) mass is 572 g/mol. The number of alkyl halides is 3. The molecule has 0 bridgehead atoms. The molecule has 0 spiro atoms. The molecule has 40 heavy (non-hydrogen) atoms. The van der Waals surface area contributed by atoms with Gasteiger partial charge in [-0.2, -0.15) is 17.5 Å². The Labute approximate surface area is 230 Å². The maximum absolute atomic E-state index is 13.6. The molecule has 7 nitrogen and oxygen atoms in total. The average molecular weight is 573 g/mol. The molecular weight excluding hydrogens is 545 g/mol. The number of hydrogen-bond acceptors (Lipinski definition) is 5. The molecule has 210 valence electrons. The van der Waals surface area contributed by atoms with Gasteiger partial charge in [-0.15, -0.1) is 0 Å². The van der Waals surface area contributed by atoms with Gasteiger partial charge in [0.2, 0.25) is 10.0 Å². The number of halogens is 3. The van der Waals surface area contributed by atoms with Crippen LogP contribution in [0.15, 0.2) is 95.7 Å². The lowest BCUT2D eigenvalue weighted by Crippen LogP contribution is -2.49. The van der Waals surface area contributed by atoms with Crippen molar-refractivity contribution in [2.75, 3.05) is 13.1 Å². The van der Waals surface area contributed by atoms with Gasteiger partial charge in [0.25, 0.3) is 0 Å². The first-order valence-corrected chi connectivity index (χ1v) is 13.9. The number of allylic oxidation sites excluding steroid dienone is 1. The molecule has 1 unspecified atom stereocenters. The summed E-state index contributed by atoms with van der Waals surface area (Å²) in [5.41, 5.74) is 3.80. The first-order chi connectivity index (χ1) is 18.9. The van der Waals surface area contributed by atoms with Crippen LogP contribution in [0.25, 0.3) is 11.1 Å². The van der Waals surface area contributed by atoms with E-state index in [0.29, 0.717) is 37.2 Å². The van der Waals surface area contributed by atoms with E-state index in [2.05, 4.69) is 17.1 Å². The first-order valence-electron chi connectivity index (χ1n) is 12.5. The molecular formula is C29H27F3N2O5S. The number of carbonyl (C=O) groups excluding carboxylic acids is 1. The second-order valence-electron chi connectivity index (χ2n) is 9.74. The Morgan fingerprint density at radius 2 is 1.65 bits per heavy atom. The number of ketones is 1. The largest absolute Gasteiger partial charge is 0.490 e. The quantitative estimate of drug-likeness (QED) is 0.445. The van der Waals surface area contributed by atoms with Crippen molar-refractivity contribution in [1.82, 2.24) is 9.29 Å². The Hall–Kier alpha value is -3.83. The van der Waals surface area contributed by atoms with Crippen LogP contribution in [0.3, 0.4) is 0 Å². The van der Waals surface area contributed by atoms with Crippen LogP contribution in [0.4, 0.5) is 13.2 Å². The summed E-state index contributed by atoms with van der Waals surface area (Å²) in [6.45, 7) is 0.788. The number of carbonyl (C=O) groups is 2. The molecule has 3 aromatic rings. The van der Waals surface area contributed by atoms with Crippen LogP contribution in [-0.2, 0) is 26.0 Å². The van der Waals surface area contributed by atoms with E-state index < -0.39 is 22.2 Å². The standard InChI is InChI=1S/C27H26N2O3S.C2HF3O2/c30-25-12-14-27(18-21-5-2-1-3-6-21)20-29(16-13-24(27)17-25)33(31,32)26-10-8-22(9-11-26)23-7-4-15-28-19-23;3-2(4,5)1(6)7/h1-11,15,17,19H,12-14,16,18,20H2;(H,6,7). The lowest BCUT2D eigenvalue weighted by Gasteiger charge is -2.46. The third kappa shape index (κ3) is 6.65. The van der Waals surface area contributed by atoms with Crippen LogP contribution in [0, 0.1) is 5.41 Å². The van der Waals surface area contributed by atoms with E-state index in [4.69, 9.17) is 9.90 Å². The third-order valence-corrected chi connectivity index (χ3v) is 8.95. The van der Waals surface area contributed by atoms with Crippen molar-refractivity contribution in [3.8, 4) is 11.1 Å². The second-order valence-corrected chi connectivity index (χ2v) is 11.7. The van der Waals surface area contributed by atoms with Crippen LogP contribution in [-0.4, -0.2) is 53.8 Å². The summed E-state index contributed by atoms with van der Waals surface area (Å²) in [6.07, 6.45) is 2.64. The van der Waals surface area contributed by atoms with Crippen molar-refractivity contribution in [2.24, 2.45) is 5.41 Å². The van der Waals surface area contributed by atoms with Crippen LogP contribution < -0.4 is 0 Å². The molecule has 11 heteroatoms. The fraction of sp³-hybridized carbons (Fsp3) is 0.276. The van der Waals surface area contributed by atoms with Crippen molar-refractivity contribution >= 4 is 21.8 Å². The number of aromatic nitrogens is 1. The molecule has 5 rings (SSSR count). The fourth-order valence-electron chi connectivity index (χ4n) is 5.07. The fourth-order valence-corrected chi connectivity index (χ4v) is 6.60. The SMILES string of the molecule is O=C(O)C(F)(F)F.O=C1C=C2CCN(S(=O)(=O)c3ccc(-c4cccnc4)cc3)CC2(Cc2ccccc2)CC1. The van der Waals surface area contributed by atoms with Gasteiger partial charge in [-0.1, -0.05) is 54.1 Å². The number of piperidine rings is 1. The number of benzene rings is 2. The lowest BCUT2D eigenvalue weighted by molar-refractivity contribution is -0.192. The summed E-state index contributed by atoms with van der Waals surface area (Å²) in [5, 5.41) is 7.12. The number of carboxylic acid groups (broad SMARTS) is 1. The number of sulfonamides is 1. The highest BCUT2D eigenvalue weighted by Crippen LogP contribution is 2.46. The number of aliphatic carboxylic acids is 1. The molecule has 2 heterocycles. The van der Waals surface area contributed by atoms with Gasteiger partial charge in [-0.3, -0.25) is 9.78 Å². The summed E-state index contributed by atoms with van der Waals surface area (Å²) < 4.78 is 60.5. The number of rotatable bonds is 5. The van der Waals surface area contributed by atoms with E-state index in [0.717, 1.165) is 28.7 Å². The van der Waals surface area contributed by atoms with Crippen molar-refractivity contribution in [1.29, 1.82) is 0 Å². The molecule has 1 fully saturated rings. The summed E-state index contributed by atoms with van der Waals surface area (Å²) in [6, 6.07) is 21.0. The molecule has 1 aromatic heterocycles. The number of hydrogen-bond donors (Lipinski definition) is 1. The van der Waals surface area contributed by atoms with Gasteiger partial charge in [0.05, 0.1) is 4.90 Å². The zero-order chi connectivity index (χ0) is 29.0. The highest BCUT2D eigenvalue weighted by atomic mass is 32.2. The maximum atomic E-state index is 13.6. The van der Waals surface area contributed by atoms with Gasteiger partial charge in [0.15, 0.2) is 5.78 Å². The van der Waals surface area contributed by atoms with E-state index in [9.17, 15) is 26.4 Å². The Morgan fingerprint density at radius 1 is 0.975 bits per heavy atom. The third-order valence-electron chi connectivity index (χ3n) is 7.09. The summed E-state index contributed by atoms with van der Waals surface area (Å²) >= 11 is 0. The smallest absolute Gasteiger partial charge is 0.475 e. The first kappa shape index (κ1) is 29.2. The predicted molar refractivity (Wildman–Crippen MR) is 142 cm³/mol. The Kier molecular flexibility index (Phi) is 8.55. The lowest BCUT2D eigenvalue weighted by atomic mass is 9.66. The molecule has 1 atom stereocenters. The molecule has 2 aliphatic rings. The van der Waals surface area contributed by atoms with Gasteiger partial charge in [-0.05, 0) is 60.2 Å². The summed E-state index contributed by atoms with van der Waals surface area (Å²) in [4.78, 5) is 25.5. The van der Waals surface area contributed by atoms with Gasteiger partial charge >= 0.3 is 12.1 Å². The summed E-state index contributed by atoms with van der Waals surface area (Å²) in [7, 11) is -3.65. The minimum Gasteiger partial charge on any atom is -0.475 e. The highest BCUT2D eigenvalue weighted by molar-refractivity contribution is 7.89. The van der Waals surface area contributed by atoms with Crippen LogP contribution >= 0.6 is 0 Å². The molecule has 1 aliphatic carbocycles. The molecule has 1 N–H and O–H groups in total. The summed E-state index contributed by atoms with van der Waals surface area (Å²) in [5.74, 6) is -2.61. The number of carboxylic acids is 1. The minimum absolute atomic E-state index is 0.149. The predicted octanol–water partition coefficient (Wildman–Crippen LogP) is 5.29. The van der Waals surface area contributed by atoms with Gasteiger partial charge in [-0.25, -0.2) is 13.2 Å². The van der Waals surface area contributed by atoms with Crippen LogP contribution in [0.2, 0.25) is 0 Å². The normalized spacial score (nSPS) is 19.6. The number of fused-ring (bicyclic) bond motifs is 1. The molecule has 0 amide bonds. The van der Waals surface area contributed by atoms with E-state index in [1.807, 2.05) is 42.5 Å². The Bertz CT molecular complexity index is 1490. The number of pyridine rings is 1. The van der Waals surface area contributed by atoms with Crippen LogP contribution in [0.1, 0.15) is 24.8 Å². The van der Waals surface area contributed by atoms with Crippen molar-refractivity contribution in [3.05, 3.63) is 96.3 Å². The second kappa shape index (κ2) is 11.7. The molecule has 0 saturated carbocycles. The van der Waals surface area contributed by atoms with Gasteiger partial charge in [0.1, 0.15) is 0 Å². The van der Waals surface area contributed by atoms with E-state index in [1.54, 1.807) is 34.9 Å². The number of nitrogens with zero attached hydrogens (tertiary/aromatic N) is 2. The maximum Gasteiger partial charge on any atom is 0.490 e. The zero-order valence-electron chi connectivity index (χ0n) is 21.3. The Morgan fingerprint density at radius 3 is 2.25 bits per heavy atom. The topological polar surface area (TPSA) is 105 Å². The van der Waals surface area contributed by atoms with Gasteiger partial charge < -0.3 is 5.11 Å². The van der Waals surface area contributed by atoms with Crippen molar-refractivity contribution < 1.29 is 36.3 Å². The minimum atomic E-state index is -5.08. The van der Waals surface area contributed by atoms with E-state index in [1.165, 1.54) is 0 Å². The van der Waals surface area contributed by atoms with E-state index in [-0.39, 0.29) is 11.2 Å². The zero-order valence-corrected chi connectivity index (χ0v) is 22.2. The molecule has 1 aliphatic heterocycles.